The second kappa shape index (κ2) is 6.31. The molecule has 2 nitrogen and oxygen atoms in total. The minimum Gasteiger partial charge on any atom is -0.490 e. The third-order valence-electron chi connectivity index (χ3n) is 4.08. The first-order valence-electron chi connectivity index (χ1n) is 7.77. The minimum absolute atomic E-state index is 0.113. The predicted octanol–water partition coefficient (Wildman–Crippen LogP) is 4.46. The van der Waals surface area contributed by atoms with Crippen molar-refractivity contribution in [1.29, 1.82) is 0 Å². The van der Waals surface area contributed by atoms with Crippen LogP contribution in [0, 0.1) is 0 Å². The lowest BCUT2D eigenvalue weighted by atomic mass is 9.87. The van der Waals surface area contributed by atoms with Gasteiger partial charge in [0.1, 0.15) is 5.75 Å². The maximum atomic E-state index is 10.8. The molecule has 2 atom stereocenters. The van der Waals surface area contributed by atoms with Crippen LogP contribution < -0.4 is 4.74 Å². The second-order valence-electron chi connectivity index (χ2n) is 5.76. The van der Waals surface area contributed by atoms with Crippen molar-refractivity contribution >= 4 is 0 Å². The molecule has 2 heteroatoms. The molecule has 2 unspecified atom stereocenters. The zero-order chi connectivity index (χ0) is 14.7. The van der Waals surface area contributed by atoms with E-state index in [-0.39, 0.29) is 5.92 Å². The normalized spacial score (nSPS) is 17.2. The number of ether oxygens (including phenoxy) is 1. The van der Waals surface area contributed by atoms with Crippen LogP contribution in [0.4, 0.5) is 0 Å². The van der Waals surface area contributed by atoms with Crippen LogP contribution in [-0.2, 0) is 0 Å². The van der Waals surface area contributed by atoms with Crippen LogP contribution in [0.2, 0.25) is 0 Å². The zero-order valence-electron chi connectivity index (χ0n) is 12.4. The molecule has 1 saturated carbocycles. The van der Waals surface area contributed by atoms with Gasteiger partial charge in [0.05, 0.1) is 12.2 Å². The van der Waals surface area contributed by atoms with Gasteiger partial charge in [0.15, 0.2) is 0 Å². The van der Waals surface area contributed by atoms with E-state index in [1.165, 1.54) is 5.56 Å². The van der Waals surface area contributed by atoms with Gasteiger partial charge in [0.2, 0.25) is 0 Å². The van der Waals surface area contributed by atoms with E-state index >= 15 is 0 Å². The Morgan fingerprint density at radius 2 is 1.76 bits per heavy atom. The molecule has 2 aromatic carbocycles. The maximum Gasteiger partial charge on any atom is 0.120 e. The Labute approximate surface area is 126 Å². The summed E-state index contributed by atoms with van der Waals surface area (Å²) in [6.07, 6.45) is 3.08. The summed E-state index contributed by atoms with van der Waals surface area (Å²) in [6.45, 7) is 2.12. The van der Waals surface area contributed by atoms with Crippen LogP contribution in [0.5, 0.6) is 5.75 Å². The minimum atomic E-state index is -0.500. The lowest BCUT2D eigenvalue weighted by Gasteiger charge is -2.23. The Balaban J connectivity index is 1.80. The highest BCUT2D eigenvalue weighted by Crippen LogP contribution is 2.35. The zero-order valence-corrected chi connectivity index (χ0v) is 12.4. The lowest BCUT2D eigenvalue weighted by molar-refractivity contribution is 0.142. The van der Waals surface area contributed by atoms with E-state index in [1.54, 1.807) is 0 Å². The molecule has 0 radical (unpaired) electrons. The van der Waals surface area contributed by atoms with Crippen LogP contribution >= 0.6 is 0 Å². The van der Waals surface area contributed by atoms with Crippen molar-refractivity contribution in [3.05, 3.63) is 65.7 Å². The molecule has 1 aliphatic rings. The molecule has 2 aromatic rings. The number of hydrogen-bond acceptors (Lipinski definition) is 2. The molecular weight excluding hydrogens is 260 g/mol. The molecule has 0 aromatic heterocycles. The van der Waals surface area contributed by atoms with Gasteiger partial charge in [0.25, 0.3) is 0 Å². The van der Waals surface area contributed by atoms with E-state index in [0.717, 1.165) is 30.6 Å². The Hall–Kier alpha value is -1.80. The Morgan fingerprint density at radius 3 is 2.43 bits per heavy atom. The molecule has 0 aliphatic heterocycles. The average Bonchev–Trinajstić information content (AvgIpc) is 3.33. The standard InChI is InChI=1S/C19H22O2/c1-2-18(14-7-4-3-5-8-14)19(20)15-9-6-10-17(13-15)21-16-11-12-16/h3-10,13,16,18-20H,2,11-12H2,1H3. The molecule has 21 heavy (non-hydrogen) atoms. The SMILES string of the molecule is CCC(c1ccccc1)C(O)c1cccc(OC2CC2)c1. The quantitative estimate of drug-likeness (QED) is 0.848. The largest absolute Gasteiger partial charge is 0.490 e. The fourth-order valence-electron chi connectivity index (χ4n) is 2.72. The van der Waals surface area contributed by atoms with Crippen molar-refractivity contribution in [2.24, 2.45) is 0 Å². The van der Waals surface area contributed by atoms with Crippen molar-refractivity contribution in [2.75, 3.05) is 0 Å². The van der Waals surface area contributed by atoms with Gasteiger partial charge < -0.3 is 9.84 Å². The summed E-state index contributed by atoms with van der Waals surface area (Å²) in [6, 6.07) is 18.1. The monoisotopic (exact) mass is 282 g/mol. The van der Waals surface area contributed by atoms with Crippen LogP contribution in [0.25, 0.3) is 0 Å². The van der Waals surface area contributed by atoms with Gasteiger partial charge in [-0.25, -0.2) is 0 Å². The van der Waals surface area contributed by atoms with Crippen LogP contribution in [0.15, 0.2) is 54.6 Å². The summed E-state index contributed by atoms with van der Waals surface area (Å²) in [5.74, 6) is 0.985. The number of aliphatic hydroxyl groups excluding tert-OH is 1. The average molecular weight is 282 g/mol. The highest BCUT2D eigenvalue weighted by Gasteiger charge is 2.25. The predicted molar refractivity (Wildman–Crippen MR) is 84.5 cm³/mol. The smallest absolute Gasteiger partial charge is 0.120 e. The highest BCUT2D eigenvalue weighted by molar-refractivity contribution is 5.33. The van der Waals surface area contributed by atoms with E-state index in [9.17, 15) is 5.11 Å². The summed E-state index contributed by atoms with van der Waals surface area (Å²) in [7, 11) is 0. The van der Waals surface area contributed by atoms with Crippen molar-refractivity contribution in [3.63, 3.8) is 0 Å². The van der Waals surface area contributed by atoms with Gasteiger partial charge in [0, 0.05) is 5.92 Å². The molecular formula is C19H22O2. The van der Waals surface area contributed by atoms with Crippen LogP contribution in [0.1, 0.15) is 49.3 Å². The molecule has 110 valence electrons. The van der Waals surface area contributed by atoms with Crippen LogP contribution in [-0.4, -0.2) is 11.2 Å². The third kappa shape index (κ3) is 3.45. The first-order chi connectivity index (χ1) is 10.3. The molecule has 1 aliphatic carbocycles. The fraction of sp³-hybridized carbons (Fsp3) is 0.368. The van der Waals surface area contributed by atoms with E-state index < -0.39 is 6.10 Å². The van der Waals surface area contributed by atoms with Crippen molar-refractivity contribution in [1.82, 2.24) is 0 Å². The molecule has 1 N–H and O–H groups in total. The van der Waals surface area contributed by atoms with Crippen molar-refractivity contribution < 1.29 is 9.84 Å². The van der Waals surface area contributed by atoms with Gasteiger partial charge in [-0.1, -0.05) is 49.4 Å². The summed E-state index contributed by atoms with van der Waals surface area (Å²) < 4.78 is 5.82. The third-order valence-corrected chi connectivity index (χ3v) is 4.08. The number of rotatable bonds is 6. The Kier molecular flexibility index (Phi) is 4.26. The van der Waals surface area contributed by atoms with Crippen molar-refractivity contribution in [2.45, 2.75) is 44.3 Å². The summed E-state index contributed by atoms with van der Waals surface area (Å²) in [5.41, 5.74) is 2.12. The second-order valence-corrected chi connectivity index (χ2v) is 5.76. The van der Waals surface area contributed by atoms with E-state index in [4.69, 9.17) is 4.74 Å². The summed E-state index contributed by atoms with van der Waals surface area (Å²) in [4.78, 5) is 0. The molecule has 3 rings (SSSR count). The summed E-state index contributed by atoms with van der Waals surface area (Å²) >= 11 is 0. The van der Waals surface area contributed by atoms with E-state index in [0.29, 0.717) is 6.10 Å². The van der Waals surface area contributed by atoms with E-state index in [1.807, 2.05) is 42.5 Å². The van der Waals surface area contributed by atoms with Gasteiger partial charge >= 0.3 is 0 Å². The maximum absolute atomic E-state index is 10.8. The molecule has 0 spiro atoms. The molecule has 0 saturated heterocycles. The van der Waals surface area contributed by atoms with Crippen molar-refractivity contribution in [3.8, 4) is 5.75 Å². The number of benzene rings is 2. The topological polar surface area (TPSA) is 29.5 Å². The number of hydrogen-bond donors (Lipinski definition) is 1. The van der Waals surface area contributed by atoms with Gasteiger partial charge in [-0.3, -0.25) is 0 Å². The lowest BCUT2D eigenvalue weighted by Crippen LogP contribution is -2.10. The summed E-state index contributed by atoms with van der Waals surface area (Å²) in [5, 5.41) is 10.8. The van der Waals surface area contributed by atoms with Gasteiger partial charge in [-0.15, -0.1) is 0 Å². The van der Waals surface area contributed by atoms with E-state index in [2.05, 4.69) is 19.1 Å². The first kappa shape index (κ1) is 14.2. The van der Waals surface area contributed by atoms with Crippen LogP contribution in [0.3, 0.4) is 0 Å². The highest BCUT2D eigenvalue weighted by atomic mass is 16.5. The first-order valence-corrected chi connectivity index (χ1v) is 7.77. The molecule has 0 heterocycles. The molecule has 1 fully saturated rings. The molecule has 0 bridgehead atoms. The number of aliphatic hydroxyl groups is 1. The Bertz CT molecular complexity index is 575. The van der Waals surface area contributed by atoms with Gasteiger partial charge in [-0.05, 0) is 42.5 Å². The molecule has 0 amide bonds. The fourth-order valence-corrected chi connectivity index (χ4v) is 2.72. The van der Waals surface area contributed by atoms with Gasteiger partial charge in [-0.2, -0.15) is 0 Å². The Morgan fingerprint density at radius 1 is 1.05 bits per heavy atom.